The first-order chi connectivity index (χ1) is 8.66. The highest BCUT2D eigenvalue weighted by atomic mass is 79.9. The number of carbonyl (C=O) groups excluding carboxylic acids is 1. The van der Waals surface area contributed by atoms with E-state index in [9.17, 15) is 4.79 Å². The summed E-state index contributed by atoms with van der Waals surface area (Å²) in [5.41, 5.74) is 0.708. The van der Waals surface area contributed by atoms with E-state index in [4.69, 9.17) is 0 Å². The van der Waals surface area contributed by atoms with Gasteiger partial charge in [0.05, 0.1) is 0 Å². The van der Waals surface area contributed by atoms with Crippen LogP contribution in [0.5, 0.6) is 0 Å². The number of piperidine rings is 1. The maximum absolute atomic E-state index is 12.1. The zero-order chi connectivity index (χ0) is 13.0. The molecule has 2 N–H and O–H groups in total. The Morgan fingerprint density at radius 3 is 2.95 bits per heavy atom. The largest absolute Gasteiger partial charge is 0.349 e. The molecule has 0 aromatic heterocycles. The molecule has 1 saturated heterocycles. The van der Waals surface area contributed by atoms with Gasteiger partial charge >= 0.3 is 0 Å². The van der Waals surface area contributed by atoms with Crippen LogP contribution in [0.2, 0.25) is 0 Å². The Morgan fingerprint density at radius 2 is 2.32 bits per heavy atom. The number of nitrogens with one attached hydrogen (secondary N) is 2. The minimum atomic E-state index is 0. The van der Waals surface area contributed by atoms with Gasteiger partial charge < -0.3 is 10.6 Å². The third kappa shape index (κ3) is 4.79. The first-order valence-corrected chi connectivity index (χ1v) is 7.23. The Balaban J connectivity index is 0.00000180. The standard InChI is InChI=1S/C14H19BrN2O.ClH/c1-10(12-5-3-7-16-9-12)17-14(18)11-4-2-6-13(15)8-11;/h2,4,6,8,10,12,16H,3,5,7,9H2,1H3,(H,17,18);1H. The van der Waals surface area contributed by atoms with Gasteiger partial charge in [0.25, 0.3) is 5.91 Å². The lowest BCUT2D eigenvalue weighted by Crippen LogP contribution is -2.44. The van der Waals surface area contributed by atoms with Crippen LogP contribution in [0.25, 0.3) is 0 Å². The van der Waals surface area contributed by atoms with E-state index in [1.165, 1.54) is 12.8 Å². The predicted octanol–water partition coefficient (Wildman–Crippen LogP) is 2.99. The monoisotopic (exact) mass is 346 g/mol. The molecule has 2 unspecified atom stereocenters. The molecule has 2 atom stereocenters. The fourth-order valence-corrected chi connectivity index (χ4v) is 2.74. The van der Waals surface area contributed by atoms with Gasteiger partial charge in [0.2, 0.25) is 0 Å². The summed E-state index contributed by atoms with van der Waals surface area (Å²) in [5, 5.41) is 6.47. The molecule has 0 spiro atoms. The molecular formula is C14H20BrClN2O. The highest BCUT2D eigenvalue weighted by Crippen LogP contribution is 2.16. The zero-order valence-electron chi connectivity index (χ0n) is 11.0. The van der Waals surface area contributed by atoms with Crippen LogP contribution < -0.4 is 10.6 Å². The maximum atomic E-state index is 12.1. The third-order valence-corrected chi connectivity index (χ3v) is 3.98. The number of hydrogen-bond acceptors (Lipinski definition) is 2. The van der Waals surface area contributed by atoms with Crippen molar-refractivity contribution in [1.29, 1.82) is 0 Å². The Hall–Kier alpha value is -0.580. The Morgan fingerprint density at radius 1 is 1.53 bits per heavy atom. The van der Waals surface area contributed by atoms with Gasteiger partial charge in [0.15, 0.2) is 0 Å². The molecule has 1 amide bonds. The number of hydrogen-bond donors (Lipinski definition) is 2. The first kappa shape index (κ1) is 16.5. The number of amides is 1. The van der Waals surface area contributed by atoms with Crippen molar-refractivity contribution >= 4 is 34.2 Å². The van der Waals surface area contributed by atoms with Crippen molar-refractivity contribution in [1.82, 2.24) is 10.6 Å². The van der Waals surface area contributed by atoms with E-state index in [2.05, 4.69) is 33.5 Å². The van der Waals surface area contributed by atoms with Gasteiger partial charge in [-0.15, -0.1) is 12.4 Å². The highest BCUT2D eigenvalue weighted by molar-refractivity contribution is 9.10. The van der Waals surface area contributed by atoms with Crippen LogP contribution >= 0.6 is 28.3 Å². The lowest BCUT2D eigenvalue weighted by Gasteiger charge is -2.28. The SMILES string of the molecule is CC(NC(=O)c1cccc(Br)c1)C1CCCNC1.Cl. The summed E-state index contributed by atoms with van der Waals surface area (Å²) in [7, 11) is 0. The molecule has 0 bridgehead atoms. The van der Waals surface area contributed by atoms with Crippen molar-refractivity contribution in [2.75, 3.05) is 13.1 Å². The average Bonchev–Trinajstić information content (AvgIpc) is 2.39. The molecule has 1 aliphatic heterocycles. The van der Waals surface area contributed by atoms with Gasteiger partial charge in [0.1, 0.15) is 0 Å². The third-order valence-electron chi connectivity index (χ3n) is 3.49. The molecule has 1 aromatic rings. The Kier molecular flexibility index (Phi) is 6.83. The summed E-state index contributed by atoms with van der Waals surface area (Å²) in [6, 6.07) is 7.70. The van der Waals surface area contributed by atoms with Gasteiger partial charge in [0, 0.05) is 16.1 Å². The van der Waals surface area contributed by atoms with Crippen molar-refractivity contribution in [3.05, 3.63) is 34.3 Å². The lowest BCUT2D eigenvalue weighted by molar-refractivity contribution is 0.0922. The molecule has 19 heavy (non-hydrogen) atoms. The van der Waals surface area contributed by atoms with Crippen LogP contribution in [0.1, 0.15) is 30.1 Å². The van der Waals surface area contributed by atoms with Gasteiger partial charge in [-0.2, -0.15) is 0 Å². The maximum Gasteiger partial charge on any atom is 0.251 e. The minimum Gasteiger partial charge on any atom is -0.349 e. The second-order valence-corrected chi connectivity index (χ2v) is 5.79. The normalized spacial score (nSPS) is 20.2. The quantitative estimate of drug-likeness (QED) is 0.882. The van der Waals surface area contributed by atoms with Crippen molar-refractivity contribution in [2.45, 2.75) is 25.8 Å². The molecule has 1 heterocycles. The molecule has 0 radical (unpaired) electrons. The number of benzene rings is 1. The number of halogens is 2. The van der Waals surface area contributed by atoms with Crippen molar-refractivity contribution < 1.29 is 4.79 Å². The van der Waals surface area contributed by atoms with Crippen LogP contribution in [0.4, 0.5) is 0 Å². The van der Waals surface area contributed by atoms with Crippen LogP contribution in [0, 0.1) is 5.92 Å². The fraction of sp³-hybridized carbons (Fsp3) is 0.500. The molecule has 0 aliphatic carbocycles. The smallest absolute Gasteiger partial charge is 0.251 e. The minimum absolute atomic E-state index is 0. The number of rotatable bonds is 3. The van der Waals surface area contributed by atoms with Crippen LogP contribution in [0.15, 0.2) is 28.7 Å². The summed E-state index contributed by atoms with van der Waals surface area (Å²) in [5.74, 6) is 0.546. The molecule has 0 saturated carbocycles. The second-order valence-electron chi connectivity index (χ2n) is 4.88. The molecule has 1 aliphatic rings. The van der Waals surface area contributed by atoms with E-state index >= 15 is 0 Å². The molecule has 106 valence electrons. The van der Waals surface area contributed by atoms with Gasteiger partial charge in [-0.3, -0.25) is 4.79 Å². The average molecular weight is 348 g/mol. The summed E-state index contributed by atoms with van der Waals surface area (Å²) in [6.45, 7) is 4.19. The van der Waals surface area contributed by atoms with E-state index in [-0.39, 0.29) is 24.4 Å². The first-order valence-electron chi connectivity index (χ1n) is 6.44. The number of carbonyl (C=O) groups is 1. The van der Waals surface area contributed by atoms with E-state index in [0.717, 1.165) is 17.6 Å². The molecule has 1 aromatic carbocycles. The molecular weight excluding hydrogens is 328 g/mol. The summed E-state index contributed by atoms with van der Waals surface area (Å²) < 4.78 is 0.933. The van der Waals surface area contributed by atoms with E-state index in [1.54, 1.807) is 0 Å². The summed E-state index contributed by atoms with van der Waals surface area (Å²) >= 11 is 3.38. The molecule has 1 fully saturated rings. The lowest BCUT2D eigenvalue weighted by atomic mass is 9.92. The molecule has 5 heteroatoms. The molecule has 3 nitrogen and oxygen atoms in total. The van der Waals surface area contributed by atoms with Crippen molar-refractivity contribution in [3.8, 4) is 0 Å². The van der Waals surface area contributed by atoms with E-state index in [1.807, 2.05) is 24.3 Å². The van der Waals surface area contributed by atoms with E-state index in [0.29, 0.717) is 11.5 Å². The van der Waals surface area contributed by atoms with Crippen LogP contribution in [0.3, 0.4) is 0 Å². The van der Waals surface area contributed by atoms with Gasteiger partial charge in [-0.05, 0) is 57.0 Å². The summed E-state index contributed by atoms with van der Waals surface area (Å²) in [4.78, 5) is 12.1. The van der Waals surface area contributed by atoms with Gasteiger partial charge in [-0.25, -0.2) is 0 Å². The Labute approximate surface area is 129 Å². The van der Waals surface area contributed by atoms with Crippen molar-refractivity contribution in [3.63, 3.8) is 0 Å². The van der Waals surface area contributed by atoms with E-state index < -0.39 is 0 Å². The zero-order valence-corrected chi connectivity index (χ0v) is 13.4. The van der Waals surface area contributed by atoms with Crippen LogP contribution in [-0.2, 0) is 0 Å². The Bertz CT molecular complexity index is 422. The van der Waals surface area contributed by atoms with Gasteiger partial charge in [-0.1, -0.05) is 22.0 Å². The summed E-state index contributed by atoms with van der Waals surface area (Å²) in [6.07, 6.45) is 2.38. The van der Waals surface area contributed by atoms with Crippen molar-refractivity contribution in [2.24, 2.45) is 5.92 Å². The fourth-order valence-electron chi connectivity index (χ4n) is 2.34. The highest BCUT2D eigenvalue weighted by Gasteiger charge is 2.21. The second kappa shape index (κ2) is 7.88. The molecule has 2 rings (SSSR count). The van der Waals surface area contributed by atoms with Crippen LogP contribution in [-0.4, -0.2) is 25.0 Å². The predicted molar refractivity (Wildman–Crippen MR) is 83.9 cm³/mol. The topological polar surface area (TPSA) is 41.1 Å².